The van der Waals surface area contributed by atoms with Crippen molar-refractivity contribution in [2.45, 2.75) is 25.8 Å². The second-order valence-electron chi connectivity index (χ2n) is 6.40. The van der Waals surface area contributed by atoms with Gasteiger partial charge in [0.05, 0.1) is 0 Å². The van der Waals surface area contributed by atoms with Crippen LogP contribution in [-0.2, 0) is 20.7 Å². The van der Waals surface area contributed by atoms with Crippen molar-refractivity contribution in [3.8, 4) is 5.75 Å². The maximum absolute atomic E-state index is 12.6. The van der Waals surface area contributed by atoms with Crippen LogP contribution in [0.2, 0.25) is 0 Å². The van der Waals surface area contributed by atoms with E-state index in [1.807, 2.05) is 24.3 Å². The van der Waals surface area contributed by atoms with Crippen LogP contribution in [0.1, 0.15) is 18.1 Å². The van der Waals surface area contributed by atoms with Crippen LogP contribution in [0.15, 0.2) is 54.6 Å². The Morgan fingerprint density at radius 3 is 2.48 bits per heavy atom. The minimum absolute atomic E-state index is 0.314. The minimum atomic E-state index is -4.76. The van der Waals surface area contributed by atoms with E-state index in [2.05, 4.69) is 4.74 Å². The van der Waals surface area contributed by atoms with Gasteiger partial charge < -0.3 is 14.4 Å². The number of halogens is 3. The Labute approximate surface area is 165 Å². The molecule has 0 unspecified atom stereocenters. The lowest BCUT2D eigenvalue weighted by atomic mass is 10.2. The summed E-state index contributed by atoms with van der Waals surface area (Å²) in [4.78, 5) is 26.2. The number of esters is 1. The molecule has 2 aromatic carbocycles. The molecule has 0 saturated heterocycles. The third-order valence-corrected chi connectivity index (χ3v) is 4.32. The van der Waals surface area contributed by atoms with Gasteiger partial charge in [-0.05, 0) is 48.7 Å². The smallest absolute Gasteiger partial charge is 0.449 e. The molecule has 8 heteroatoms. The van der Waals surface area contributed by atoms with Gasteiger partial charge in [-0.1, -0.05) is 30.3 Å². The Bertz CT molecular complexity index is 922. The molecule has 0 bridgehead atoms. The Morgan fingerprint density at radius 1 is 1.10 bits per heavy atom. The molecule has 29 heavy (non-hydrogen) atoms. The molecule has 2 aromatic rings. The van der Waals surface area contributed by atoms with Crippen LogP contribution in [0.4, 0.5) is 18.9 Å². The zero-order valence-electron chi connectivity index (χ0n) is 15.5. The summed E-state index contributed by atoms with van der Waals surface area (Å²) in [5.74, 6) is -1.40. The number of hydrogen-bond acceptors (Lipinski definition) is 4. The van der Waals surface area contributed by atoms with Gasteiger partial charge in [-0.15, -0.1) is 13.2 Å². The molecular weight excluding hydrogens is 387 g/mol. The first-order valence-electron chi connectivity index (χ1n) is 8.87. The fraction of sp³-hybridized carbons (Fsp3) is 0.238. The largest absolute Gasteiger partial charge is 0.573 e. The maximum atomic E-state index is 12.6. The van der Waals surface area contributed by atoms with Gasteiger partial charge in [0.25, 0.3) is 5.91 Å². The molecule has 0 aliphatic carbocycles. The Morgan fingerprint density at radius 2 is 1.79 bits per heavy atom. The van der Waals surface area contributed by atoms with E-state index in [1.165, 1.54) is 25.1 Å². The van der Waals surface area contributed by atoms with E-state index in [4.69, 9.17) is 4.74 Å². The predicted octanol–water partition coefficient (Wildman–Crippen LogP) is 4.12. The molecule has 0 aromatic heterocycles. The van der Waals surface area contributed by atoms with Crippen LogP contribution >= 0.6 is 0 Å². The molecule has 0 saturated carbocycles. The third kappa shape index (κ3) is 5.37. The molecule has 1 aliphatic rings. The molecule has 0 radical (unpaired) electrons. The average molecular weight is 405 g/mol. The molecule has 1 atom stereocenters. The van der Waals surface area contributed by atoms with E-state index in [9.17, 15) is 22.8 Å². The first-order valence-corrected chi connectivity index (χ1v) is 8.87. The number of amides is 1. The summed E-state index contributed by atoms with van der Waals surface area (Å²) in [6.45, 7) is 2.03. The van der Waals surface area contributed by atoms with Crippen molar-refractivity contribution in [3.05, 3.63) is 65.7 Å². The summed E-state index contributed by atoms with van der Waals surface area (Å²) in [6.07, 6.45) is -2.50. The molecular formula is C21H18F3NO4. The summed E-state index contributed by atoms with van der Waals surface area (Å²) >= 11 is 0. The van der Waals surface area contributed by atoms with E-state index in [0.717, 1.165) is 35.9 Å². The lowest BCUT2D eigenvalue weighted by Gasteiger charge is -2.21. The van der Waals surface area contributed by atoms with Crippen LogP contribution in [0, 0.1) is 0 Å². The highest BCUT2D eigenvalue weighted by molar-refractivity contribution is 6.00. The number of hydrogen-bond donors (Lipinski definition) is 0. The number of rotatable bonds is 5. The Kier molecular flexibility index (Phi) is 5.91. The Balaban J connectivity index is 1.55. The molecule has 152 valence electrons. The minimum Gasteiger partial charge on any atom is -0.449 e. The molecule has 0 spiro atoms. The van der Waals surface area contributed by atoms with E-state index >= 15 is 0 Å². The van der Waals surface area contributed by atoms with Gasteiger partial charge >= 0.3 is 12.3 Å². The summed E-state index contributed by atoms with van der Waals surface area (Å²) in [5.41, 5.74) is 2.36. The molecule has 5 nitrogen and oxygen atoms in total. The van der Waals surface area contributed by atoms with E-state index < -0.39 is 18.4 Å². The number of carbonyl (C=O) groups is 2. The average Bonchev–Trinajstić information content (AvgIpc) is 3.09. The first kappa shape index (κ1) is 20.4. The fourth-order valence-electron chi connectivity index (χ4n) is 3.00. The summed E-state index contributed by atoms with van der Waals surface area (Å²) in [5, 5.41) is 0. The van der Waals surface area contributed by atoms with Gasteiger partial charge in [0.1, 0.15) is 5.75 Å². The zero-order chi connectivity index (χ0) is 21.0. The highest BCUT2D eigenvalue weighted by Crippen LogP contribution is 2.28. The standard InChI is InChI=1S/C21H18F3NO4/c1-14(20(27)25-13-12-16-4-2-3-5-18(16)25)28-19(26)11-8-15-6-9-17(10-7-15)29-21(22,23)24/h2-11,14H,12-13H2,1H3/b11-8+/t14-/m1/s1. The van der Waals surface area contributed by atoms with Gasteiger partial charge in [-0.3, -0.25) is 4.79 Å². The maximum Gasteiger partial charge on any atom is 0.573 e. The van der Waals surface area contributed by atoms with Gasteiger partial charge in [0.2, 0.25) is 0 Å². The van der Waals surface area contributed by atoms with Crippen molar-refractivity contribution in [2.75, 3.05) is 11.4 Å². The van der Waals surface area contributed by atoms with E-state index in [1.54, 1.807) is 4.90 Å². The van der Waals surface area contributed by atoms with E-state index in [-0.39, 0.29) is 11.7 Å². The highest BCUT2D eigenvalue weighted by Gasteiger charge is 2.31. The van der Waals surface area contributed by atoms with Crippen LogP contribution in [0.5, 0.6) is 5.75 Å². The highest BCUT2D eigenvalue weighted by atomic mass is 19.4. The van der Waals surface area contributed by atoms with Gasteiger partial charge in [-0.2, -0.15) is 0 Å². The van der Waals surface area contributed by atoms with Crippen molar-refractivity contribution in [3.63, 3.8) is 0 Å². The Hall–Kier alpha value is -3.29. The number of ether oxygens (including phenoxy) is 2. The number of nitrogens with zero attached hydrogens (tertiary/aromatic N) is 1. The SMILES string of the molecule is C[C@@H](OC(=O)/C=C/c1ccc(OC(F)(F)F)cc1)C(=O)N1CCc2ccccc21. The fourth-order valence-corrected chi connectivity index (χ4v) is 3.00. The van der Waals surface area contributed by atoms with E-state index in [0.29, 0.717) is 12.1 Å². The summed E-state index contributed by atoms with van der Waals surface area (Å²) in [6, 6.07) is 12.5. The van der Waals surface area contributed by atoms with Crippen molar-refractivity contribution in [2.24, 2.45) is 0 Å². The second kappa shape index (κ2) is 8.38. The third-order valence-electron chi connectivity index (χ3n) is 4.32. The molecule has 0 N–H and O–H groups in total. The number of alkyl halides is 3. The topological polar surface area (TPSA) is 55.8 Å². The second-order valence-corrected chi connectivity index (χ2v) is 6.40. The van der Waals surface area contributed by atoms with Crippen molar-refractivity contribution < 1.29 is 32.2 Å². The normalized spacial score (nSPS) is 14.6. The van der Waals surface area contributed by atoms with Gasteiger partial charge in [0, 0.05) is 18.3 Å². The van der Waals surface area contributed by atoms with Crippen molar-refractivity contribution >= 4 is 23.6 Å². The predicted molar refractivity (Wildman–Crippen MR) is 100 cm³/mol. The number of fused-ring (bicyclic) bond motifs is 1. The summed E-state index contributed by atoms with van der Waals surface area (Å²) < 4.78 is 45.4. The summed E-state index contributed by atoms with van der Waals surface area (Å²) in [7, 11) is 0. The number of carbonyl (C=O) groups excluding carboxylic acids is 2. The monoisotopic (exact) mass is 405 g/mol. The van der Waals surface area contributed by atoms with Crippen molar-refractivity contribution in [1.29, 1.82) is 0 Å². The quantitative estimate of drug-likeness (QED) is 0.555. The molecule has 1 aliphatic heterocycles. The zero-order valence-corrected chi connectivity index (χ0v) is 15.5. The number of benzene rings is 2. The molecule has 0 fully saturated rings. The molecule has 1 heterocycles. The first-order chi connectivity index (χ1) is 13.7. The van der Waals surface area contributed by atoms with Gasteiger partial charge in [0.15, 0.2) is 6.10 Å². The van der Waals surface area contributed by atoms with Crippen LogP contribution in [0.25, 0.3) is 6.08 Å². The lowest BCUT2D eigenvalue weighted by Crippen LogP contribution is -2.38. The molecule has 1 amide bonds. The van der Waals surface area contributed by atoms with Crippen LogP contribution < -0.4 is 9.64 Å². The lowest BCUT2D eigenvalue weighted by molar-refractivity contribution is -0.274. The number of para-hydroxylation sites is 1. The van der Waals surface area contributed by atoms with Crippen LogP contribution in [0.3, 0.4) is 0 Å². The number of anilines is 1. The van der Waals surface area contributed by atoms with Crippen molar-refractivity contribution in [1.82, 2.24) is 0 Å². The van der Waals surface area contributed by atoms with Crippen LogP contribution in [-0.4, -0.2) is 30.9 Å². The molecule has 3 rings (SSSR count). The van der Waals surface area contributed by atoms with Gasteiger partial charge in [-0.25, -0.2) is 4.79 Å².